The largest absolute Gasteiger partial charge is 0.491 e. The summed E-state index contributed by atoms with van der Waals surface area (Å²) in [6.45, 7) is 7.11. The van der Waals surface area contributed by atoms with Gasteiger partial charge in [-0.05, 0) is 57.9 Å². The van der Waals surface area contributed by atoms with E-state index < -0.39 is 23.3 Å². The number of ether oxygens (including phenoxy) is 2. The Balaban J connectivity index is 1.99. The molecule has 1 N–H and O–H groups in total. The fourth-order valence-electron chi connectivity index (χ4n) is 3.15. The molecule has 1 heterocycles. The van der Waals surface area contributed by atoms with Crippen LogP contribution in [0.1, 0.15) is 45.6 Å². The lowest BCUT2D eigenvalue weighted by Gasteiger charge is -2.36. The Kier molecular flexibility index (Phi) is 6.81. The minimum absolute atomic E-state index is 0.101. The van der Waals surface area contributed by atoms with Gasteiger partial charge in [0.25, 0.3) is 0 Å². The van der Waals surface area contributed by atoms with Crippen molar-refractivity contribution < 1.29 is 23.0 Å². The summed E-state index contributed by atoms with van der Waals surface area (Å²) < 4.78 is 37.8. The summed E-state index contributed by atoms with van der Waals surface area (Å²) in [5.41, 5.74) is -0.000872. The molecule has 7 heteroatoms. The van der Waals surface area contributed by atoms with Crippen LogP contribution in [-0.2, 0) is 11.3 Å². The lowest BCUT2D eigenvalue weighted by Crippen LogP contribution is -2.47. The first-order valence-electron chi connectivity index (χ1n) is 8.92. The molecular weight excluding hydrogens is 342 g/mol. The summed E-state index contributed by atoms with van der Waals surface area (Å²) in [4.78, 5) is 14.0. The smallest absolute Gasteiger partial charge is 0.407 e. The molecule has 0 bridgehead atoms. The van der Waals surface area contributed by atoms with E-state index in [4.69, 9.17) is 9.47 Å². The van der Waals surface area contributed by atoms with Crippen LogP contribution in [0.4, 0.5) is 13.6 Å². The van der Waals surface area contributed by atoms with Gasteiger partial charge >= 0.3 is 6.09 Å². The number of nitrogens with one attached hydrogen (secondary N) is 1. The predicted molar refractivity (Wildman–Crippen MR) is 95.2 cm³/mol. The van der Waals surface area contributed by atoms with Crippen molar-refractivity contribution in [1.82, 2.24) is 10.2 Å². The highest BCUT2D eigenvalue weighted by atomic mass is 19.1. The van der Waals surface area contributed by atoms with Crippen molar-refractivity contribution in [3.8, 4) is 5.75 Å². The van der Waals surface area contributed by atoms with Gasteiger partial charge < -0.3 is 14.8 Å². The van der Waals surface area contributed by atoms with E-state index in [1.54, 1.807) is 0 Å². The lowest BCUT2D eigenvalue weighted by molar-refractivity contribution is 0.0492. The van der Waals surface area contributed by atoms with Crippen LogP contribution in [0.15, 0.2) is 12.1 Å². The van der Waals surface area contributed by atoms with Gasteiger partial charge in [0.15, 0.2) is 17.4 Å². The minimum atomic E-state index is -0.706. The van der Waals surface area contributed by atoms with Gasteiger partial charge in [-0.1, -0.05) is 6.42 Å². The summed E-state index contributed by atoms with van der Waals surface area (Å²) in [7, 11) is 1.24. The van der Waals surface area contributed by atoms with E-state index >= 15 is 0 Å². The number of halogens is 2. The van der Waals surface area contributed by atoms with E-state index in [1.807, 2.05) is 20.8 Å². The number of nitrogens with zero attached hydrogens (tertiary/aromatic N) is 1. The highest BCUT2D eigenvalue weighted by Gasteiger charge is 2.25. The second kappa shape index (κ2) is 8.66. The highest BCUT2D eigenvalue weighted by molar-refractivity contribution is 5.67. The Morgan fingerprint density at radius 3 is 2.50 bits per heavy atom. The molecule has 0 saturated carbocycles. The van der Waals surface area contributed by atoms with Crippen molar-refractivity contribution in [1.29, 1.82) is 0 Å². The summed E-state index contributed by atoms with van der Waals surface area (Å²) in [5, 5.41) is 2.79. The fourth-order valence-corrected chi connectivity index (χ4v) is 3.15. The van der Waals surface area contributed by atoms with E-state index in [0.29, 0.717) is 18.7 Å². The molecule has 1 aliphatic rings. The van der Waals surface area contributed by atoms with E-state index in [-0.39, 0.29) is 11.8 Å². The SMILES string of the molecule is COc1c(F)cc(CN2CCCC[C@H]2CNC(=O)OC(C)(C)C)cc1F. The van der Waals surface area contributed by atoms with E-state index in [1.165, 1.54) is 19.2 Å². The Morgan fingerprint density at radius 2 is 1.92 bits per heavy atom. The molecule has 1 atom stereocenters. The Bertz CT molecular complexity index is 609. The third kappa shape index (κ3) is 5.83. The molecule has 1 aromatic rings. The number of hydrogen-bond acceptors (Lipinski definition) is 4. The summed E-state index contributed by atoms with van der Waals surface area (Å²) in [5.74, 6) is -1.78. The Morgan fingerprint density at radius 1 is 1.27 bits per heavy atom. The summed E-state index contributed by atoms with van der Waals surface area (Å²) in [6.07, 6.45) is 2.54. The van der Waals surface area contributed by atoms with Crippen LogP contribution in [0.2, 0.25) is 0 Å². The number of alkyl carbamates (subject to hydrolysis) is 1. The molecule has 1 aliphatic heterocycles. The maximum absolute atomic E-state index is 13.9. The first-order valence-corrected chi connectivity index (χ1v) is 8.92. The zero-order valence-electron chi connectivity index (χ0n) is 15.9. The Hall–Kier alpha value is -1.89. The van der Waals surface area contributed by atoms with E-state index in [0.717, 1.165) is 25.8 Å². The van der Waals surface area contributed by atoms with Gasteiger partial charge in [-0.2, -0.15) is 0 Å². The number of carbonyl (C=O) groups is 1. The Labute approximate surface area is 153 Å². The molecule has 0 aliphatic carbocycles. The second-order valence-corrected chi connectivity index (χ2v) is 7.60. The van der Waals surface area contributed by atoms with Crippen molar-refractivity contribution in [2.75, 3.05) is 20.2 Å². The number of likely N-dealkylation sites (tertiary alicyclic amines) is 1. The zero-order valence-corrected chi connectivity index (χ0v) is 15.9. The molecule has 1 saturated heterocycles. The molecule has 0 aromatic heterocycles. The molecule has 146 valence electrons. The van der Waals surface area contributed by atoms with Crippen LogP contribution in [0.3, 0.4) is 0 Å². The van der Waals surface area contributed by atoms with E-state index in [9.17, 15) is 13.6 Å². The molecular formula is C19H28F2N2O3. The van der Waals surface area contributed by atoms with Crippen molar-refractivity contribution in [3.05, 3.63) is 29.3 Å². The first-order chi connectivity index (χ1) is 12.2. The topological polar surface area (TPSA) is 50.8 Å². The van der Waals surface area contributed by atoms with Gasteiger partial charge in [-0.3, -0.25) is 4.90 Å². The quantitative estimate of drug-likeness (QED) is 0.855. The number of rotatable bonds is 5. The standard InChI is InChI=1S/C19H28F2N2O3/c1-19(2,3)26-18(24)22-11-14-7-5-6-8-23(14)12-13-9-15(20)17(25-4)16(21)10-13/h9-10,14H,5-8,11-12H2,1-4H3,(H,22,24)/t14-/m0/s1. The molecule has 0 unspecified atom stereocenters. The maximum Gasteiger partial charge on any atom is 0.407 e. The third-order valence-corrected chi connectivity index (χ3v) is 4.28. The van der Waals surface area contributed by atoms with Crippen LogP contribution in [-0.4, -0.2) is 42.8 Å². The molecule has 0 spiro atoms. The number of piperidine rings is 1. The molecule has 26 heavy (non-hydrogen) atoms. The molecule has 1 aromatic carbocycles. The average Bonchev–Trinajstić information content (AvgIpc) is 2.52. The number of benzene rings is 1. The van der Waals surface area contributed by atoms with Crippen molar-refractivity contribution in [2.24, 2.45) is 0 Å². The van der Waals surface area contributed by atoms with Gasteiger partial charge in [0.05, 0.1) is 7.11 Å². The van der Waals surface area contributed by atoms with Crippen LogP contribution < -0.4 is 10.1 Å². The van der Waals surface area contributed by atoms with Gasteiger partial charge in [0.1, 0.15) is 5.60 Å². The van der Waals surface area contributed by atoms with Gasteiger partial charge in [-0.15, -0.1) is 0 Å². The van der Waals surface area contributed by atoms with Crippen LogP contribution in [0.5, 0.6) is 5.75 Å². The number of methoxy groups -OCH3 is 1. The fraction of sp³-hybridized carbons (Fsp3) is 0.632. The molecule has 1 fully saturated rings. The number of amides is 1. The van der Waals surface area contributed by atoms with E-state index in [2.05, 4.69) is 10.2 Å². The lowest BCUT2D eigenvalue weighted by atomic mass is 10.0. The van der Waals surface area contributed by atoms with Gasteiger partial charge in [-0.25, -0.2) is 13.6 Å². The normalized spacial score (nSPS) is 18.5. The van der Waals surface area contributed by atoms with Crippen LogP contribution >= 0.6 is 0 Å². The molecule has 1 amide bonds. The molecule has 0 radical (unpaired) electrons. The van der Waals surface area contributed by atoms with Crippen molar-refractivity contribution in [2.45, 2.75) is 58.2 Å². The third-order valence-electron chi connectivity index (χ3n) is 4.28. The van der Waals surface area contributed by atoms with Crippen LogP contribution in [0.25, 0.3) is 0 Å². The zero-order chi connectivity index (χ0) is 19.3. The molecule has 5 nitrogen and oxygen atoms in total. The van der Waals surface area contributed by atoms with Crippen molar-refractivity contribution >= 4 is 6.09 Å². The van der Waals surface area contributed by atoms with Crippen LogP contribution in [0, 0.1) is 11.6 Å². The minimum Gasteiger partial charge on any atom is -0.491 e. The first kappa shape index (κ1) is 20.4. The predicted octanol–water partition coefficient (Wildman–Crippen LogP) is 3.85. The van der Waals surface area contributed by atoms with Gasteiger partial charge in [0, 0.05) is 19.1 Å². The molecule has 2 rings (SSSR count). The number of carbonyl (C=O) groups excluding carboxylic acids is 1. The van der Waals surface area contributed by atoms with Gasteiger partial charge in [0.2, 0.25) is 0 Å². The number of hydrogen-bond donors (Lipinski definition) is 1. The second-order valence-electron chi connectivity index (χ2n) is 7.60. The summed E-state index contributed by atoms with van der Waals surface area (Å²) in [6, 6.07) is 2.70. The maximum atomic E-state index is 13.9. The van der Waals surface area contributed by atoms with Crippen molar-refractivity contribution in [3.63, 3.8) is 0 Å². The highest BCUT2D eigenvalue weighted by Crippen LogP contribution is 2.25. The average molecular weight is 370 g/mol. The summed E-state index contributed by atoms with van der Waals surface area (Å²) >= 11 is 0. The monoisotopic (exact) mass is 370 g/mol.